The Balaban J connectivity index is 1.95. The number of hydrogen-bond donors (Lipinski definition) is 2. The molecule has 3 N–H and O–H groups in total. The second-order valence-corrected chi connectivity index (χ2v) is 5.60. The molecule has 1 saturated heterocycles. The van der Waals surface area contributed by atoms with E-state index in [2.05, 4.69) is 16.3 Å². The zero-order chi connectivity index (χ0) is 15.2. The lowest BCUT2D eigenvalue weighted by molar-refractivity contribution is -0.119. The van der Waals surface area contributed by atoms with Crippen LogP contribution in [0.1, 0.15) is 30.9 Å². The van der Waals surface area contributed by atoms with Gasteiger partial charge in [0.25, 0.3) is 0 Å². The van der Waals surface area contributed by atoms with Gasteiger partial charge in [0.2, 0.25) is 5.91 Å². The predicted molar refractivity (Wildman–Crippen MR) is 83.0 cm³/mol. The van der Waals surface area contributed by atoms with Crippen LogP contribution in [0.15, 0.2) is 18.2 Å². The third-order valence-electron chi connectivity index (χ3n) is 3.97. The number of hydrogen-bond acceptors (Lipinski definition) is 4. The van der Waals surface area contributed by atoms with Gasteiger partial charge in [-0.25, -0.2) is 0 Å². The number of carbonyl (C=O) groups excluding carboxylic acids is 1. The number of ether oxygens (including phenoxy) is 1. The van der Waals surface area contributed by atoms with Gasteiger partial charge in [0, 0.05) is 44.7 Å². The standard InChI is InChI=1S/C16H25N3O2/c1-12(20)18-15-5-7-19(8-6-15)11-14-9-13(10-17)3-4-16(14)21-2/h3-4,9,15H,5-8,10-11,17H2,1-2H3,(H,18,20). The Morgan fingerprint density at radius 2 is 2.14 bits per heavy atom. The van der Waals surface area contributed by atoms with E-state index in [1.54, 1.807) is 14.0 Å². The van der Waals surface area contributed by atoms with Crippen molar-refractivity contribution in [2.24, 2.45) is 5.73 Å². The van der Waals surface area contributed by atoms with Gasteiger partial charge < -0.3 is 15.8 Å². The number of piperidine rings is 1. The molecule has 1 fully saturated rings. The highest BCUT2D eigenvalue weighted by atomic mass is 16.5. The van der Waals surface area contributed by atoms with Crippen molar-refractivity contribution in [3.63, 3.8) is 0 Å². The van der Waals surface area contributed by atoms with Crippen molar-refractivity contribution in [1.29, 1.82) is 0 Å². The summed E-state index contributed by atoms with van der Waals surface area (Å²) in [5, 5.41) is 3.00. The van der Waals surface area contributed by atoms with Crippen molar-refractivity contribution in [3.05, 3.63) is 29.3 Å². The summed E-state index contributed by atoms with van der Waals surface area (Å²) in [7, 11) is 1.70. The molecule has 1 aromatic rings. The molecule has 0 radical (unpaired) electrons. The first-order valence-corrected chi connectivity index (χ1v) is 7.47. The van der Waals surface area contributed by atoms with Gasteiger partial charge in [0.1, 0.15) is 5.75 Å². The van der Waals surface area contributed by atoms with E-state index >= 15 is 0 Å². The number of methoxy groups -OCH3 is 1. The van der Waals surface area contributed by atoms with Crippen molar-refractivity contribution in [3.8, 4) is 5.75 Å². The van der Waals surface area contributed by atoms with Gasteiger partial charge in [-0.15, -0.1) is 0 Å². The number of likely N-dealkylation sites (tertiary alicyclic amines) is 1. The highest BCUT2D eigenvalue weighted by Gasteiger charge is 2.20. The molecule has 1 aliphatic rings. The Kier molecular flexibility index (Phi) is 5.59. The lowest BCUT2D eigenvalue weighted by atomic mass is 10.0. The topological polar surface area (TPSA) is 67.6 Å². The molecule has 0 atom stereocenters. The predicted octanol–water partition coefficient (Wildman–Crippen LogP) is 1.25. The van der Waals surface area contributed by atoms with Crippen LogP contribution >= 0.6 is 0 Å². The Labute approximate surface area is 126 Å². The molecule has 1 amide bonds. The monoisotopic (exact) mass is 291 g/mol. The van der Waals surface area contributed by atoms with Crippen LogP contribution in [0.2, 0.25) is 0 Å². The maximum absolute atomic E-state index is 11.1. The highest BCUT2D eigenvalue weighted by molar-refractivity contribution is 5.73. The zero-order valence-electron chi connectivity index (χ0n) is 12.9. The summed E-state index contributed by atoms with van der Waals surface area (Å²) in [5.41, 5.74) is 8.02. The smallest absolute Gasteiger partial charge is 0.217 e. The zero-order valence-corrected chi connectivity index (χ0v) is 12.9. The van der Waals surface area contributed by atoms with Crippen molar-refractivity contribution in [2.75, 3.05) is 20.2 Å². The fraction of sp³-hybridized carbons (Fsp3) is 0.562. The Bertz CT molecular complexity index is 482. The fourth-order valence-electron chi connectivity index (χ4n) is 2.85. The minimum atomic E-state index is 0.0609. The van der Waals surface area contributed by atoms with Gasteiger partial charge in [-0.1, -0.05) is 6.07 Å². The van der Waals surface area contributed by atoms with Crippen LogP contribution < -0.4 is 15.8 Å². The molecule has 0 bridgehead atoms. The van der Waals surface area contributed by atoms with Gasteiger partial charge >= 0.3 is 0 Å². The summed E-state index contributed by atoms with van der Waals surface area (Å²) in [6.07, 6.45) is 2.00. The van der Waals surface area contributed by atoms with Crippen LogP contribution in [0.5, 0.6) is 5.75 Å². The molecule has 5 heteroatoms. The van der Waals surface area contributed by atoms with Gasteiger partial charge in [-0.2, -0.15) is 0 Å². The molecule has 0 aliphatic carbocycles. The van der Waals surface area contributed by atoms with E-state index in [4.69, 9.17) is 10.5 Å². The highest BCUT2D eigenvalue weighted by Crippen LogP contribution is 2.23. The molecule has 0 unspecified atom stereocenters. The number of nitrogens with one attached hydrogen (secondary N) is 1. The second-order valence-electron chi connectivity index (χ2n) is 5.60. The van der Waals surface area contributed by atoms with E-state index in [1.165, 1.54) is 5.56 Å². The third kappa shape index (κ3) is 4.44. The first kappa shape index (κ1) is 15.8. The summed E-state index contributed by atoms with van der Waals surface area (Å²) in [4.78, 5) is 13.5. The second kappa shape index (κ2) is 7.43. The number of benzene rings is 1. The van der Waals surface area contributed by atoms with Crippen LogP contribution in [0.4, 0.5) is 0 Å². The molecular weight excluding hydrogens is 266 g/mol. The molecule has 5 nitrogen and oxygen atoms in total. The van der Waals surface area contributed by atoms with E-state index in [0.717, 1.165) is 43.8 Å². The van der Waals surface area contributed by atoms with E-state index in [0.29, 0.717) is 12.6 Å². The van der Waals surface area contributed by atoms with Crippen LogP contribution in [0.3, 0.4) is 0 Å². The lowest BCUT2D eigenvalue weighted by Crippen LogP contribution is -2.43. The largest absolute Gasteiger partial charge is 0.496 e. The number of amides is 1. The molecule has 1 heterocycles. The van der Waals surface area contributed by atoms with Crippen molar-refractivity contribution in [2.45, 2.75) is 38.9 Å². The quantitative estimate of drug-likeness (QED) is 0.857. The summed E-state index contributed by atoms with van der Waals surface area (Å²) < 4.78 is 5.44. The van der Waals surface area contributed by atoms with E-state index < -0.39 is 0 Å². The van der Waals surface area contributed by atoms with Gasteiger partial charge in [0.15, 0.2) is 0 Å². The minimum Gasteiger partial charge on any atom is -0.496 e. The Morgan fingerprint density at radius 1 is 1.43 bits per heavy atom. The number of nitrogens with two attached hydrogens (primary N) is 1. The maximum Gasteiger partial charge on any atom is 0.217 e. The van der Waals surface area contributed by atoms with E-state index in [-0.39, 0.29) is 5.91 Å². The Hall–Kier alpha value is -1.59. The normalized spacial score (nSPS) is 16.7. The average molecular weight is 291 g/mol. The molecule has 0 spiro atoms. The van der Waals surface area contributed by atoms with Gasteiger partial charge in [-0.05, 0) is 30.5 Å². The van der Waals surface area contributed by atoms with Gasteiger partial charge in [0.05, 0.1) is 7.11 Å². The minimum absolute atomic E-state index is 0.0609. The Morgan fingerprint density at radius 3 is 2.71 bits per heavy atom. The molecule has 0 saturated carbocycles. The lowest BCUT2D eigenvalue weighted by Gasteiger charge is -2.32. The molecule has 1 aromatic carbocycles. The molecule has 1 aliphatic heterocycles. The van der Waals surface area contributed by atoms with Crippen molar-refractivity contribution >= 4 is 5.91 Å². The molecular formula is C16H25N3O2. The summed E-state index contributed by atoms with van der Waals surface area (Å²) in [5.74, 6) is 0.974. The van der Waals surface area contributed by atoms with E-state index in [9.17, 15) is 4.79 Å². The fourth-order valence-corrected chi connectivity index (χ4v) is 2.85. The van der Waals surface area contributed by atoms with Crippen LogP contribution in [0.25, 0.3) is 0 Å². The van der Waals surface area contributed by atoms with Crippen molar-refractivity contribution in [1.82, 2.24) is 10.2 Å². The SMILES string of the molecule is COc1ccc(CN)cc1CN1CCC(NC(C)=O)CC1. The van der Waals surface area contributed by atoms with Crippen LogP contribution in [-0.4, -0.2) is 37.0 Å². The summed E-state index contributed by atoms with van der Waals surface area (Å²) in [6, 6.07) is 6.43. The molecule has 2 rings (SSSR count). The third-order valence-corrected chi connectivity index (χ3v) is 3.97. The molecule has 116 valence electrons. The molecule has 0 aromatic heterocycles. The number of rotatable bonds is 5. The van der Waals surface area contributed by atoms with Crippen LogP contribution in [0, 0.1) is 0 Å². The summed E-state index contributed by atoms with van der Waals surface area (Å²) in [6.45, 7) is 4.96. The average Bonchev–Trinajstić information content (AvgIpc) is 2.48. The van der Waals surface area contributed by atoms with E-state index in [1.807, 2.05) is 12.1 Å². The maximum atomic E-state index is 11.1. The van der Waals surface area contributed by atoms with Crippen LogP contribution in [-0.2, 0) is 17.9 Å². The molecule has 21 heavy (non-hydrogen) atoms. The number of nitrogens with zero attached hydrogens (tertiary/aromatic N) is 1. The first-order chi connectivity index (χ1) is 10.1. The van der Waals surface area contributed by atoms with Gasteiger partial charge in [-0.3, -0.25) is 9.69 Å². The van der Waals surface area contributed by atoms with Crippen molar-refractivity contribution < 1.29 is 9.53 Å². The summed E-state index contributed by atoms with van der Waals surface area (Å²) >= 11 is 0. The first-order valence-electron chi connectivity index (χ1n) is 7.47. The number of carbonyl (C=O) groups is 1.